The molecule has 3 unspecified atom stereocenters. The highest BCUT2D eigenvalue weighted by Gasteiger charge is 2.34. The van der Waals surface area contributed by atoms with E-state index in [1.54, 1.807) is 0 Å². The first-order valence-corrected chi connectivity index (χ1v) is 7.14. The zero-order valence-corrected chi connectivity index (χ0v) is 11.8. The van der Waals surface area contributed by atoms with Crippen molar-refractivity contribution in [2.75, 3.05) is 13.1 Å². The summed E-state index contributed by atoms with van der Waals surface area (Å²) in [6, 6.07) is 12.1. The smallest absolute Gasteiger partial charge is 0.0373 e. The van der Waals surface area contributed by atoms with Crippen molar-refractivity contribution in [3.05, 3.63) is 35.9 Å². The molecule has 100 valence electrons. The lowest BCUT2D eigenvalue weighted by molar-refractivity contribution is 0.146. The van der Waals surface area contributed by atoms with E-state index >= 15 is 0 Å². The quantitative estimate of drug-likeness (QED) is 0.884. The average molecular weight is 246 g/mol. The van der Waals surface area contributed by atoms with Crippen molar-refractivity contribution in [2.45, 2.75) is 39.3 Å². The Kier molecular flexibility index (Phi) is 4.41. The lowest BCUT2D eigenvalue weighted by Crippen LogP contribution is -2.35. The van der Waals surface area contributed by atoms with E-state index in [9.17, 15) is 0 Å². The van der Waals surface area contributed by atoms with Crippen molar-refractivity contribution in [3.8, 4) is 0 Å². The van der Waals surface area contributed by atoms with E-state index in [0.29, 0.717) is 23.9 Å². The fourth-order valence-corrected chi connectivity index (χ4v) is 3.34. The van der Waals surface area contributed by atoms with Crippen molar-refractivity contribution in [1.29, 1.82) is 0 Å². The van der Waals surface area contributed by atoms with E-state index in [-0.39, 0.29) is 0 Å². The molecule has 2 heteroatoms. The summed E-state index contributed by atoms with van der Waals surface area (Å²) in [4.78, 5) is 2.65. The van der Waals surface area contributed by atoms with Gasteiger partial charge < -0.3 is 5.73 Å². The minimum absolute atomic E-state index is 0.526. The monoisotopic (exact) mass is 246 g/mol. The van der Waals surface area contributed by atoms with Gasteiger partial charge in [-0.05, 0) is 37.3 Å². The predicted molar refractivity (Wildman–Crippen MR) is 77.4 cm³/mol. The Hall–Kier alpha value is -0.860. The number of hydrogen-bond donors (Lipinski definition) is 1. The van der Waals surface area contributed by atoms with E-state index in [2.05, 4.69) is 56.0 Å². The van der Waals surface area contributed by atoms with Crippen LogP contribution in [-0.4, -0.2) is 24.0 Å². The Morgan fingerprint density at radius 3 is 2.44 bits per heavy atom. The van der Waals surface area contributed by atoms with Crippen LogP contribution in [-0.2, 0) is 0 Å². The molecule has 1 aromatic rings. The second-order valence-electron chi connectivity index (χ2n) is 5.98. The number of nitrogens with zero attached hydrogens (tertiary/aromatic N) is 1. The maximum atomic E-state index is 5.85. The van der Waals surface area contributed by atoms with E-state index < -0.39 is 0 Å². The van der Waals surface area contributed by atoms with Gasteiger partial charge in [-0.3, -0.25) is 4.90 Å². The number of rotatable bonds is 4. The first-order chi connectivity index (χ1) is 8.63. The largest absolute Gasteiger partial charge is 0.330 e. The predicted octanol–water partition coefficient (Wildman–Crippen LogP) is 3.05. The van der Waals surface area contributed by atoms with Gasteiger partial charge in [0.25, 0.3) is 0 Å². The lowest BCUT2D eigenvalue weighted by Gasteiger charge is -2.35. The standard InChI is InChI=1S/C16H26N2/c1-12(2)16(15-7-5-4-6-8-15)18-11-14(10-17)9-13(18)3/h4-8,12-14,16H,9-11,17H2,1-3H3. The van der Waals surface area contributed by atoms with Gasteiger partial charge in [0, 0.05) is 18.6 Å². The summed E-state index contributed by atoms with van der Waals surface area (Å²) < 4.78 is 0. The molecule has 1 saturated heterocycles. The van der Waals surface area contributed by atoms with Crippen LogP contribution in [0.15, 0.2) is 30.3 Å². The SMILES string of the molecule is CC(C)C(c1ccccc1)N1CC(CN)CC1C. The minimum atomic E-state index is 0.526. The molecule has 2 nitrogen and oxygen atoms in total. The number of likely N-dealkylation sites (tertiary alicyclic amines) is 1. The molecular formula is C16H26N2. The van der Waals surface area contributed by atoms with Crippen LogP contribution in [0.3, 0.4) is 0 Å². The summed E-state index contributed by atoms with van der Waals surface area (Å²) in [6.07, 6.45) is 1.24. The molecular weight excluding hydrogens is 220 g/mol. The summed E-state index contributed by atoms with van der Waals surface area (Å²) in [7, 11) is 0. The minimum Gasteiger partial charge on any atom is -0.330 e. The fourth-order valence-electron chi connectivity index (χ4n) is 3.34. The van der Waals surface area contributed by atoms with Crippen molar-refractivity contribution < 1.29 is 0 Å². The molecule has 1 aliphatic rings. The molecule has 1 aromatic carbocycles. The van der Waals surface area contributed by atoms with E-state index in [4.69, 9.17) is 5.73 Å². The maximum Gasteiger partial charge on any atom is 0.0373 e. The Morgan fingerprint density at radius 1 is 1.28 bits per heavy atom. The summed E-state index contributed by atoms with van der Waals surface area (Å²) in [5.74, 6) is 1.30. The van der Waals surface area contributed by atoms with Gasteiger partial charge in [-0.2, -0.15) is 0 Å². The molecule has 3 atom stereocenters. The molecule has 0 saturated carbocycles. The van der Waals surface area contributed by atoms with Crippen molar-refractivity contribution in [3.63, 3.8) is 0 Å². The molecule has 0 radical (unpaired) electrons. The Bertz CT molecular complexity index is 361. The zero-order chi connectivity index (χ0) is 13.1. The molecule has 0 bridgehead atoms. The number of benzene rings is 1. The molecule has 2 rings (SSSR count). The van der Waals surface area contributed by atoms with Crippen LogP contribution in [0.2, 0.25) is 0 Å². The first-order valence-electron chi connectivity index (χ1n) is 7.14. The number of nitrogens with two attached hydrogens (primary N) is 1. The highest BCUT2D eigenvalue weighted by Crippen LogP contribution is 2.36. The summed E-state index contributed by atoms with van der Waals surface area (Å²) in [5.41, 5.74) is 7.29. The van der Waals surface area contributed by atoms with E-state index in [0.717, 1.165) is 13.1 Å². The summed E-state index contributed by atoms with van der Waals surface area (Å²) >= 11 is 0. The van der Waals surface area contributed by atoms with Crippen molar-refractivity contribution in [2.24, 2.45) is 17.6 Å². The highest BCUT2D eigenvalue weighted by atomic mass is 15.2. The van der Waals surface area contributed by atoms with Crippen LogP contribution in [0, 0.1) is 11.8 Å². The average Bonchev–Trinajstić information content (AvgIpc) is 2.72. The first kappa shape index (κ1) is 13.6. The molecule has 1 aliphatic heterocycles. The van der Waals surface area contributed by atoms with Gasteiger partial charge >= 0.3 is 0 Å². The van der Waals surface area contributed by atoms with Gasteiger partial charge in [-0.25, -0.2) is 0 Å². The molecule has 18 heavy (non-hydrogen) atoms. The van der Waals surface area contributed by atoms with Gasteiger partial charge in [0.2, 0.25) is 0 Å². The Labute approximate surface area is 111 Å². The highest BCUT2D eigenvalue weighted by molar-refractivity contribution is 5.20. The third-order valence-corrected chi connectivity index (χ3v) is 4.17. The molecule has 2 N–H and O–H groups in total. The van der Waals surface area contributed by atoms with E-state index in [1.165, 1.54) is 12.0 Å². The van der Waals surface area contributed by atoms with Gasteiger partial charge in [0.15, 0.2) is 0 Å². The number of hydrogen-bond acceptors (Lipinski definition) is 2. The zero-order valence-electron chi connectivity index (χ0n) is 11.8. The molecule has 0 spiro atoms. The van der Waals surface area contributed by atoms with Crippen LogP contribution in [0.5, 0.6) is 0 Å². The van der Waals surface area contributed by atoms with E-state index in [1.807, 2.05) is 0 Å². The van der Waals surface area contributed by atoms with Gasteiger partial charge in [0.1, 0.15) is 0 Å². The lowest BCUT2D eigenvalue weighted by atomic mass is 9.94. The fraction of sp³-hybridized carbons (Fsp3) is 0.625. The molecule has 0 aliphatic carbocycles. The van der Waals surface area contributed by atoms with Crippen molar-refractivity contribution in [1.82, 2.24) is 4.90 Å². The van der Waals surface area contributed by atoms with Gasteiger partial charge in [0.05, 0.1) is 0 Å². The third kappa shape index (κ3) is 2.76. The van der Waals surface area contributed by atoms with Crippen LogP contribution in [0.1, 0.15) is 38.8 Å². The Morgan fingerprint density at radius 2 is 1.94 bits per heavy atom. The van der Waals surface area contributed by atoms with Crippen molar-refractivity contribution >= 4 is 0 Å². The molecule has 1 heterocycles. The normalized spacial score (nSPS) is 26.7. The van der Waals surface area contributed by atoms with Gasteiger partial charge in [-0.1, -0.05) is 44.2 Å². The molecule has 0 amide bonds. The van der Waals surface area contributed by atoms with Crippen LogP contribution in [0.25, 0.3) is 0 Å². The van der Waals surface area contributed by atoms with Gasteiger partial charge in [-0.15, -0.1) is 0 Å². The van der Waals surface area contributed by atoms with Crippen LogP contribution >= 0.6 is 0 Å². The molecule has 1 fully saturated rings. The summed E-state index contributed by atoms with van der Waals surface area (Å²) in [5, 5.41) is 0. The summed E-state index contributed by atoms with van der Waals surface area (Å²) in [6.45, 7) is 8.95. The topological polar surface area (TPSA) is 29.3 Å². The third-order valence-electron chi connectivity index (χ3n) is 4.17. The maximum absolute atomic E-state index is 5.85. The Balaban J connectivity index is 2.21. The molecule has 0 aromatic heterocycles. The van der Waals surface area contributed by atoms with Crippen LogP contribution < -0.4 is 5.73 Å². The van der Waals surface area contributed by atoms with Crippen LogP contribution in [0.4, 0.5) is 0 Å². The second-order valence-corrected chi connectivity index (χ2v) is 5.98. The second kappa shape index (κ2) is 5.85.